The molecule has 0 amide bonds. The molecule has 128 valence electrons. The van der Waals surface area contributed by atoms with Crippen LogP contribution in [-0.2, 0) is 12.8 Å². The minimum atomic E-state index is -0.301. The van der Waals surface area contributed by atoms with Gasteiger partial charge in [0.2, 0.25) is 0 Å². The fourth-order valence-corrected chi connectivity index (χ4v) is 2.82. The molecule has 3 rings (SSSR count). The zero-order valence-electron chi connectivity index (χ0n) is 14.5. The quantitative estimate of drug-likeness (QED) is 0.302. The van der Waals surface area contributed by atoms with Crippen LogP contribution in [0.2, 0.25) is 0 Å². The molecular formula is C20H21N3O2. The monoisotopic (exact) mass is 335 g/mol. The second-order valence-electron chi connectivity index (χ2n) is 5.98. The van der Waals surface area contributed by atoms with E-state index in [1.807, 2.05) is 38.1 Å². The molecule has 1 unspecified atom stereocenters. The number of ether oxygens (including phenoxy) is 1. The second kappa shape index (κ2) is 7.77. The van der Waals surface area contributed by atoms with E-state index in [1.165, 1.54) is 11.1 Å². The van der Waals surface area contributed by atoms with Gasteiger partial charge in [0.15, 0.2) is 0 Å². The van der Waals surface area contributed by atoms with Gasteiger partial charge in [-0.25, -0.2) is 0 Å². The van der Waals surface area contributed by atoms with Gasteiger partial charge in [-0.05, 0) is 73.7 Å². The first-order valence-electron chi connectivity index (χ1n) is 8.48. The topological polar surface area (TPSA) is 71.1 Å². The Hall–Kier alpha value is -2.91. The van der Waals surface area contributed by atoms with E-state index < -0.39 is 0 Å². The Balaban J connectivity index is 1.70. The minimum Gasteiger partial charge on any atom is -0.494 e. The van der Waals surface area contributed by atoms with Crippen molar-refractivity contribution >= 4 is 11.0 Å². The number of aryl methyl sites for hydroxylation is 2. The second-order valence-corrected chi connectivity index (χ2v) is 5.98. The maximum atomic E-state index is 8.55. The number of furan rings is 1. The summed E-state index contributed by atoms with van der Waals surface area (Å²) in [4.78, 5) is 2.84. The average molecular weight is 335 g/mol. The smallest absolute Gasteiger partial charge is 0.134 e. The van der Waals surface area contributed by atoms with E-state index in [4.69, 9.17) is 14.7 Å². The van der Waals surface area contributed by atoms with Crippen LogP contribution in [0.4, 0.5) is 0 Å². The summed E-state index contributed by atoms with van der Waals surface area (Å²) in [6.45, 7) is 4.49. The third-order valence-corrected chi connectivity index (χ3v) is 4.17. The number of azide groups is 1. The summed E-state index contributed by atoms with van der Waals surface area (Å²) >= 11 is 0. The minimum absolute atomic E-state index is 0.301. The van der Waals surface area contributed by atoms with E-state index in [1.54, 1.807) is 0 Å². The molecule has 0 bridgehead atoms. The van der Waals surface area contributed by atoms with Crippen molar-refractivity contribution in [3.63, 3.8) is 0 Å². The first-order chi connectivity index (χ1) is 12.2. The van der Waals surface area contributed by atoms with Crippen molar-refractivity contribution in [1.29, 1.82) is 0 Å². The van der Waals surface area contributed by atoms with E-state index in [0.717, 1.165) is 29.6 Å². The molecule has 1 aromatic heterocycles. The van der Waals surface area contributed by atoms with Crippen LogP contribution in [0.1, 0.15) is 36.8 Å². The lowest BCUT2D eigenvalue weighted by atomic mass is 10.0. The predicted molar refractivity (Wildman–Crippen MR) is 98.8 cm³/mol. The first kappa shape index (κ1) is 16.9. The average Bonchev–Trinajstić information content (AvgIpc) is 3.05. The normalized spacial score (nSPS) is 11.9. The molecule has 0 N–H and O–H groups in total. The highest BCUT2D eigenvalue weighted by Gasteiger charge is 2.10. The molecule has 0 aliphatic heterocycles. The molecule has 1 atom stereocenters. The molecule has 0 fully saturated rings. The van der Waals surface area contributed by atoms with Crippen LogP contribution < -0.4 is 4.74 Å². The van der Waals surface area contributed by atoms with Crippen molar-refractivity contribution in [2.45, 2.75) is 32.7 Å². The van der Waals surface area contributed by atoms with E-state index in [9.17, 15) is 0 Å². The van der Waals surface area contributed by atoms with Crippen molar-refractivity contribution in [3.05, 3.63) is 75.9 Å². The molecule has 0 saturated carbocycles. The van der Waals surface area contributed by atoms with Crippen molar-refractivity contribution < 1.29 is 9.15 Å². The lowest BCUT2D eigenvalue weighted by Crippen LogP contribution is -1.93. The number of hydrogen-bond acceptors (Lipinski definition) is 3. The Morgan fingerprint density at radius 3 is 2.52 bits per heavy atom. The summed E-state index contributed by atoms with van der Waals surface area (Å²) in [6.07, 6.45) is 1.92. The van der Waals surface area contributed by atoms with E-state index >= 15 is 0 Å². The van der Waals surface area contributed by atoms with Gasteiger partial charge in [0.05, 0.1) is 12.6 Å². The van der Waals surface area contributed by atoms with Gasteiger partial charge in [0.25, 0.3) is 0 Å². The third kappa shape index (κ3) is 4.14. The van der Waals surface area contributed by atoms with Crippen molar-refractivity contribution in [1.82, 2.24) is 0 Å². The van der Waals surface area contributed by atoms with Gasteiger partial charge in [-0.1, -0.05) is 23.3 Å². The molecular weight excluding hydrogens is 314 g/mol. The van der Waals surface area contributed by atoms with Crippen LogP contribution in [0, 0.1) is 0 Å². The van der Waals surface area contributed by atoms with Gasteiger partial charge < -0.3 is 9.15 Å². The summed E-state index contributed by atoms with van der Waals surface area (Å²) < 4.78 is 11.2. The van der Waals surface area contributed by atoms with Gasteiger partial charge in [-0.3, -0.25) is 0 Å². The number of fused-ring (bicyclic) bond motifs is 1. The number of benzene rings is 2. The fraction of sp³-hybridized carbons (Fsp3) is 0.300. The zero-order chi connectivity index (χ0) is 17.6. The highest BCUT2D eigenvalue weighted by molar-refractivity contribution is 5.78. The highest BCUT2D eigenvalue weighted by Crippen LogP contribution is 2.27. The molecule has 3 aromatic rings. The van der Waals surface area contributed by atoms with E-state index in [2.05, 4.69) is 34.3 Å². The molecule has 25 heavy (non-hydrogen) atoms. The molecule has 0 aliphatic carbocycles. The molecule has 5 nitrogen and oxygen atoms in total. The fourth-order valence-electron chi connectivity index (χ4n) is 2.82. The number of rotatable bonds is 7. The van der Waals surface area contributed by atoms with Crippen LogP contribution in [-0.4, -0.2) is 6.61 Å². The zero-order valence-corrected chi connectivity index (χ0v) is 14.5. The van der Waals surface area contributed by atoms with Crippen molar-refractivity contribution in [3.8, 4) is 5.75 Å². The summed E-state index contributed by atoms with van der Waals surface area (Å²) in [5, 5.41) is 4.73. The van der Waals surface area contributed by atoms with Crippen LogP contribution in [0.3, 0.4) is 0 Å². The number of hydrogen-bond donors (Lipinski definition) is 0. The maximum absolute atomic E-state index is 8.55. The van der Waals surface area contributed by atoms with Gasteiger partial charge in [-0.15, -0.1) is 0 Å². The largest absolute Gasteiger partial charge is 0.494 e. The lowest BCUT2D eigenvalue weighted by Gasteiger charge is -2.05. The molecule has 0 radical (unpaired) electrons. The standard InChI is InChI=1S/C20H21N3O2/c1-3-24-18-9-6-15(7-10-18)4-5-16-8-11-19-17(12-16)13-20(25-19)14(2)22-23-21/h6-14H,3-5H2,1-2H3. The predicted octanol–water partition coefficient (Wildman–Crippen LogP) is 5.99. The van der Waals surface area contributed by atoms with E-state index in [-0.39, 0.29) is 6.04 Å². The molecule has 1 heterocycles. The van der Waals surface area contributed by atoms with Crippen LogP contribution >= 0.6 is 0 Å². The summed E-state index contributed by atoms with van der Waals surface area (Å²) in [5.41, 5.74) is 11.9. The third-order valence-electron chi connectivity index (χ3n) is 4.17. The molecule has 0 aliphatic rings. The Kier molecular flexibility index (Phi) is 5.26. The Bertz CT molecular complexity index is 893. The summed E-state index contributed by atoms with van der Waals surface area (Å²) in [6, 6.07) is 16.1. The summed E-state index contributed by atoms with van der Waals surface area (Å²) in [5.74, 6) is 1.60. The van der Waals surface area contributed by atoms with E-state index in [0.29, 0.717) is 12.4 Å². The van der Waals surface area contributed by atoms with Gasteiger partial charge in [0, 0.05) is 10.3 Å². The van der Waals surface area contributed by atoms with Gasteiger partial charge in [0.1, 0.15) is 17.1 Å². The Morgan fingerprint density at radius 1 is 1.08 bits per heavy atom. The molecule has 5 heteroatoms. The van der Waals surface area contributed by atoms with Crippen LogP contribution in [0.15, 0.2) is 58.1 Å². The Morgan fingerprint density at radius 2 is 1.80 bits per heavy atom. The molecule has 0 spiro atoms. The highest BCUT2D eigenvalue weighted by atomic mass is 16.5. The first-order valence-corrected chi connectivity index (χ1v) is 8.48. The SMILES string of the molecule is CCOc1ccc(CCc2ccc3oc(C(C)N=[N+]=[N-])cc3c2)cc1. The van der Waals surface area contributed by atoms with Crippen LogP contribution in [0.5, 0.6) is 5.75 Å². The lowest BCUT2D eigenvalue weighted by molar-refractivity contribution is 0.340. The Labute approximate surface area is 146 Å². The van der Waals surface area contributed by atoms with Crippen molar-refractivity contribution in [2.24, 2.45) is 5.11 Å². The summed E-state index contributed by atoms with van der Waals surface area (Å²) in [7, 11) is 0. The van der Waals surface area contributed by atoms with Gasteiger partial charge in [-0.2, -0.15) is 0 Å². The number of nitrogens with zero attached hydrogens (tertiary/aromatic N) is 3. The van der Waals surface area contributed by atoms with Crippen LogP contribution in [0.25, 0.3) is 21.4 Å². The van der Waals surface area contributed by atoms with Crippen molar-refractivity contribution in [2.75, 3.05) is 6.61 Å². The molecule has 0 saturated heterocycles. The van der Waals surface area contributed by atoms with Gasteiger partial charge >= 0.3 is 0 Å². The molecule has 2 aromatic carbocycles. The maximum Gasteiger partial charge on any atom is 0.134 e.